The quantitative estimate of drug-likeness (QED) is 0.353. The number of thiophene rings is 1. The van der Waals surface area contributed by atoms with Crippen molar-refractivity contribution < 1.29 is 0 Å². The van der Waals surface area contributed by atoms with Gasteiger partial charge in [0.25, 0.3) is 0 Å². The second-order valence-electron chi connectivity index (χ2n) is 8.47. The van der Waals surface area contributed by atoms with Gasteiger partial charge in [0.15, 0.2) is 0 Å². The van der Waals surface area contributed by atoms with Gasteiger partial charge in [-0.2, -0.15) is 0 Å². The number of pyridine rings is 1. The van der Waals surface area contributed by atoms with Gasteiger partial charge in [-0.3, -0.25) is 9.69 Å². The third-order valence-corrected chi connectivity index (χ3v) is 7.25. The van der Waals surface area contributed by atoms with Gasteiger partial charge in [0.05, 0.1) is 0 Å². The van der Waals surface area contributed by atoms with E-state index < -0.39 is 0 Å². The lowest BCUT2D eigenvalue weighted by molar-refractivity contribution is 0.294. The minimum Gasteiger partial charge on any atom is -0.322 e. The molecular formula is C27H28N2OS. The molecule has 3 heterocycles. The number of aromatic amines is 1. The van der Waals surface area contributed by atoms with E-state index in [1.54, 1.807) is 6.07 Å². The van der Waals surface area contributed by atoms with Gasteiger partial charge in [0, 0.05) is 29.4 Å². The largest absolute Gasteiger partial charge is 0.322 e. The van der Waals surface area contributed by atoms with E-state index in [4.69, 9.17) is 0 Å². The van der Waals surface area contributed by atoms with E-state index in [9.17, 15) is 4.79 Å². The fourth-order valence-electron chi connectivity index (χ4n) is 4.63. The SMILES string of the molecule is O=c1ccc2ccc(CCCCCN3CC=C(c4cccc5sccc45)CC3)cc2[nH]1. The molecule has 1 aliphatic rings. The minimum atomic E-state index is -0.0320. The molecule has 0 atom stereocenters. The summed E-state index contributed by atoms with van der Waals surface area (Å²) in [4.78, 5) is 17.0. The Morgan fingerprint density at radius 3 is 2.84 bits per heavy atom. The molecule has 1 aliphatic heterocycles. The Morgan fingerprint density at radius 1 is 1.00 bits per heavy atom. The molecule has 0 aliphatic carbocycles. The first-order valence-corrected chi connectivity index (χ1v) is 12.1. The molecule has 158 valence electrons. The number of hydrogen-bond acceptors (Lipinski definition) is 3. The number of benzene rings is 2. The zero-order chi connectivity index (χ0) is 21.0. The number of fused-ring (bicyclic) bond motifs is 2. The van der Waals surface area contributed by atoms with Crippen LogP contribution in [0.3, 0.4) is 0 Å². The molecule has 0 spiro atoms. The van der Waals surface area contributed by atoms with Crippen molar-refractivity contribution in [3.05, 3.63) is 87.5 Å². The minimum absolute atomic E-state index is 0.0320. The molecule has 2 aromatic heterocycles. The van der Waals surface area contributed by atoms with Crippen molar-refractivity contribution in [3.63, 3.8) is 0 Å². The lowest BCUT2D eigenvalue weighted by atomic mass is 9.96. The highest BCUT2D eigenvalue weighted by Crippen LogP contribution is 2.31. The Hall–Kier alpha value is -2.69. The zero-order valence-corrected chi connectivity index (χ0v) is 18.6. The van der Waals surface area contributed by atoms with Crippen molar-refractivity contribution in [2.45, 2.75) is 32.1 Å². The molecule has 0 radical (unpaired) electrons. The van der Waals surface area contributed by atoms with Crippen molar-refractivity contribution in [2.24, 2.45) is 0 Å². The number of rotatable bonds is 7. The summed E-state index contributed by atoms with van der Waals surface area (Å²) < 4.78 is 1.39. The number of hydrogen-bond donors (Lipinski definition) is 1. The van der Waals surface area contributed by atoms with Crippen LogP contribution in [0.4, 0.5) is 0 Å². The normalized spacial score (nSPS) is 14.9. The molecule has 0 bridgehead atoms. The van der Waals surface area contributed by atoms with Crippen molar-refractivity contribution >= 4 is 37.9 Å². The van der Waals surface area contributed by atoms with Crippen molar-refractivity contribution in [2.75, 3.05) is 19.6 Å². The van der Waals surface area contributed by atoms with Crippen LogP contribution in [-0.2, 0) is 6.42 Å². The first-order chi connectivity index (χ1) is 15.3. The second-order valence-corrected chi connectivity index (χ2v) is 9.42. The molecule has 5 rings (SSSR count). The van der Waals surface area contributed by atoms with Gasteiger partial charge < -0.3 is 4.98 Å². The van der Waals surface area contributed by atoms with E-state index in [0.717, 1.165) is 36.8 Å². The fraction of sp³-hybridized carbons (Fsp3) is 0.296. The lowest BCUT2D eigenvalue weighted by Gasteiger charge is -2.26. The summed E-state index contributed by atoms with van der Waals surface area (Å²) in [5, 5.41) is 4.70. The van der Waals surface area contributed by atoms with Crippen molar-refractivity contribution in [1.29, 1.82) is 0 Å². The molecule has 3 nitrogen and oxygen atoms in total. The van der Waals surface area contributed by atoms with Crippen LogP contribution in [0.15, 0.2) is 70.8 Å². The molecule has 0 saturated heterocycles. The predicted octanol–water partition coefficient (Wildman–Crippen LogP) is 6.24. The van der Waals surface area contributed by atoms with Crippen LogP contribution in [0.2, 0.25) is 0 Å². The average molecular weight is 429 g/mol. The highest BCUT2D eigenvalue weighted by atomic mass is 32.1. The number of aromatic nitrogens is 1. The highest BCUT2D eigenvalue weighted by Gasteiger charge is 2.14. The van der Waals surface area contributed by atoms with E-state index >= 15 is 0 Å². The van der Waals surface area contributed by atoms with Gasteiger partial charge in [-0.05, 0) is 89.3 Å². The summed E-state index contributed by atoms with van der Waals surface area (Å²) in [6, 6.07) is 18.8. The van der Waals surface area contributed by atoms with Crippen LogP contribution in [0.5, 0.6) is 0 Å². The maximum atomic E-state index is 11.5. The Bertz CT molecular complexity index is 1280. The Balaban J connectivity index is 1.09. The Morgan fingerprint density at radius 2 is 1.94 bits per heavy atom. The molecule has 31 heavy (non-hydrogen) atoms. The summed E-state index contributed by atoms with van der Waals surface area (Å²) in [5.41, 5.74) is 5.15. The zero-order valence-electron chi connectivity index (χ0n) is 17.8. The molecule has 4 aromatic rings. The lowest BCUT2D eigenvalue weighted by Crippen LogP contribution is -2.29. The first-order valence-electron chi connectivity index (χ1n) is 11.3. The number of H-pyrrole nitrogens is 1. The van der Waals surface area contributed by atoms with Gasteiger partial charge in [-0.15, -0.1) is 11.3 Å². The summed E-state index contributed by atoms with van der Waals surface area (Å²) in [5.74, 6) is 0. The summed E-state index contributed by atoms with van der Waals surface area (Å²) in [6.45, 7) is 3.40. The van der Waals surface area contributed by atoms with Crippen LogP contribution < -0.4 is 5.56 Å². The number of aryl methyl sites for hydroxylation is 1. The smallest absolute Gasteiger partial charge is 0.248 e. The maximum Gasteiger partial charge on any atom is 0.248 e. The van der Waals surface area contributed by atoms with Crippen molar-refractivity contribution in [1.82, 2.24) is 9.88 Å². The molecule has 2 aromatic carbocycles. The third-order valence-electron chi connectivity index (χ3n) is 6.36. The van der Waals surface area contributed by atoms with Crippen LogP contribution >= 0.6 is 11.3 Å². The van der Waals surface area contributed by atoms with Crippen LogP contribution in [0, 0.1) is 0 Å². The molecule has 0 fully saturated rings. The highest BCUT2D eigenvalue weighted by molar-refractivity contribution is 7.17. The number of nitrogens with zero attached hydrogens (tertiary/aromatic N) is 1. The van der Waals surface area contributed by atoms with Crippen LogP contribution in [-0.4, -0.2) is 29.5 Å². The maximum absolute atomic E-state index is 11.5. The summed E-state index contributed by atoms with van der Waals surface area (Å²) >= 11 is 1.83. The van der Waals surface area contributed by atoms with Crippen molar-refractivity contribution in [3.8, 4) is 0 Å². The van der Waals surface area contributed by atoms with Gasteiger partial charge in [0.2, 0.25) is 5.56 Å². The molecule has 0 amide bonds. The Kier molecular flexibility index (Phi) is 6.01. The van der Waals surface area contributed by atoms with E-state index in [1.807, 2.05) is 17.4 Å². The fourth-order valence-corrected chi connectivity index (χ4v) is 5.44. The second kappa shape index (κ2) is 9.21. The van der Waals surface area contributed by atoms with E-state index in [2.05, 4.69) is 63.8 Å². The molecule has 1 N–H and O–H groups in total. The molecular weight excluding hydrogens is 400 g/mol. The number of nitrogens with one attached hydrogen (secondary N) is 1. The Labute approximate surface area is 187 Å². The summed E-state index contributed by atoms with van der Waals surface area (Å²) in [7, 11) is 0. The van der Waals surface area contributed by atoms with Gasteiger partial charge in [0.1, 0.15) is 0 Å². The number of unbranched alkanes of at least 4 members (excludes halogenated alkanes) is 2. The first kappa shape index (κ1) is 20.2. The monoisotopic (exact) mass is 428 g/mol. The topological polar surface area (TPSA) is 36.1 Å². The molecule has 4 heteroatoms. The van der Waals surface area contributed by atoms with E-state index in [0.29, 0.717) is 0 Å². The van der Waals surface area contributed by atoms with Crippen LogP contribution in [0.25, 0.3) is 26.6 Å². The average Bonchev–Trinajstić information content (AvgIpc) is 3.28. The van der Waals surface area contributed by atoms with E-state index in [1.165, 1.54) is 52.6 Å². The van der Waals surface area contributed by atoms with Gasteiger partial charge in [-0.25, -0.2) is 0 Å². The van der Waals surface area contributed by atoms with Gasteiger partial charge >= 0.3 is 0 Å². The van der Waals surface area contributed by atoms with Gasteiger partial charge in [-0.1, -0.05) is 36.8 Å². The van der Waals surface area contributed by atoms with Crippen LogP contribution in [0.1, 0.15) is 36.8 Å². The molecule has 0 unspecified atom stereocenters. The predicted molar refractivity (Wildman–Crippen MR) is 133 cm³/mol. The van der Waals surface area contributed by atoms with E-state index in [-0.39, 0.29) is 5.56 Å². The molecule has 0 saturated carbocycles. The third kappa shape index (κ3) is 4.65. The summed E-state index contributed by atoms with van der Waals surface area (Å²) in [6.07, 6.45) is 8.33. The standard InChI is InChI=1S/C27H28N2OS/c30-27-11-10-22-9-8-20(19-25(22)28-27)5-2-1-3-15-29-16-12-21(13-17-29)23-6-4-7-26-24(23)14-18-31-26/h4,6-12,14,18-19H,1-3,5,13,15-17H2,(H,28,30).